The average Bonchev–Trinajstić information content (AvgIpc) is 3.19. The summed E-state index contributed by atoms with van der Waals surface area (Å²) in [6.45, 7) is 2.14. The van der Waals surface area contributed by atoms with E-state index in [9.17, 15) is 4.79 Å². The first-order chi connectivity index (χ1) is 12.0. The molecule has 2 aromatic heterocycles. The van der Waals surface area contributed by atoms with Crippen molar-refractivity contribution in [3.8, 4) is 0 Å². The number of aromatic nitrogens is 3. The summed E-state index contributed by atoms with van der Waals surface area (Å²) in [5.74, 6) is 1.60. The summed E-state index contributed by atoms with van der Waals surface area (Å²) in [6.07, 6.45) is 4.62. The van der Waals surface area contributed by atoms with Gasteiger partial charge in [-0.3, -0.25) is 4.79 Å². The predicted molar refractivity (Wildman–Crippen MR) is 97.8 cm³/mol. The van der Waals surface area contributed by atoms with Crippen LogP contribution in [0.5, 0.6) is 0 Å². The number of hydrogen-bond donors (Lipinski definition) is 1. The van der Waals surface area contributed by atoms with Gasteiger partial charge in [-0.1, -0.05) is 18.2 Å². The Hall–Kier alpha value is -2.89. The van der Waals surface area contributed by atoms with Crippen molar-refractivity contribution in [1.29, 1.82) is 0 Å². The second-order valence-corrected chi connectivity index (χ2v) is 6.74. The molecule has 1 N–H and O–H groups in total. The van der Waals surface area contributed by atoms with E-state index in [1.54, 1.807) is 6.20 Å². The minimum atomic E-state index is -0.0876. The third-order valence-corrected chi connectivity index (χ3v) is 4.77. The minimum absolute atomic E-state index is 0.0627. The van der Waals surface area contributed by atoms with Crippen LogP contribution in [0.1, 0.15) is 41.6 Å². The van der Waals surface area contributed by atoms with E-state index in [1.807, 2.05) is 55.5 Å². The second kappa shape index (κ2) is 5.88. The maximum atomic E-state index is 13.0. The van der Waals surface area contributed by atoms with Crippen molar-refractivity contribution < 1.29 is 4.79 Å². The third-order valence-electron chi connectivity index (χ3n) is 4.77. The Kier molecular flexibility index (Phi) is 3.67. The summed E-state index contributed by atoms with van der Waals surface area (Å²) in [6, 6.07) is 9.87. The number of rotatable bonds is 3. The van der Waals surface area contributed by atoms with E-state index in [-0.39, 0.29) is 11.9 Å². The molecular formula is C19H21N5O. The van der Waals surface area contributed by atoms with Gasteiger partial charge >= 0.3 is 0 Å². The van der Waals surface area contributed by atoms with Gasteiger partial charge < -0.3 is 14.8 Å². The Morgan fingerprint density at radius 2 is 2.12 bits per heavy atom. The maximum Gasteiger partial charge on any atom is 0.252 e. The molecule has 4 rings (SSSR count). The number of pyridine rings is 1. The van der Waals surface area contributed by atoms with Gasteiger partial charge in [-0.2, -0.15) is 0 Å². The highest BCUT2D eigenvalue weighted by Crippen LogP contribution is 2.33. The van der Waals surface area contributed by atoms with Crippen LogP contribution in [0.3, 0.4) is 0 Å². The number of nitrogens with one attached hydrogen (secondary N) is 1. The zero-order chi connectivity index (χ0) is 17.6. The summed E-state index contributed by atoms with van der Waals surface area (Å²) in [7, 11) is 3.85. The molecule has 0 radical (unpaired) electrons. The second-order valence-electron chi connectivity index (χ2n) is 6.74. The van der Waals surface area contributed by atoms with Crippen LogP contribution in [0.4, 0.5) is 5.82 Å². The van der Waals surface area contributed by atoms with Gasteiger partial charge in [0.25, 0.3) is 5.91 Å². The first kappa shape index (κ1) is 15.6. The number of fused-ring (bicyclic) bond motifs is 2. The summed E-state index contributed by atoms with van der Waals surface area (Å²) in [4.78, 5) is 24.0. The number of carbonyl (C=O) groups is 1. The minimum Gasteiger partial charge on any atom is -0.363 e. The molecule has 3 aromatic rings. The highest BCUT2D eigenvalue weighted by molar-refractivity contribution is 6.07. The Bertz CT molecular complexity index is 946. The fourth-order valence-electron chi connectivity index (χ4n) is 3.47. The summed E-state index contributed by atoms with van der Waals surface area (Å²) in [5, 5.41) is 4.02. The number of anilines is 1. The van der Waals surface area contributed by atoms with E-state index in [2.05, 4.69) is 26.8 Å². The molecule has 2 unspecified atom stereocenters. The Morgan fingerprint density at radius 3 is 2.92 bits per heavy atom. The van der Waals surface area contributed by atoms with Crippen molar-refractivity contribution in [2.45, 2.75) is 25.4 Å². The Balaban J connectivity index is 1.71. The van der Waals surface area contributed by atoms with Crippen LogP contribution in [0, 0.1) is 0 Å². The molecule has 0 fully saturated rings. The number of benzene rings is 1. The third kappa shape index (κ3) is 2.63. The fraction of sp³-hybridized carbons (Fsp3) is 0.316. The SMILES string of the molecule is CC1CC(NC(=O)c2cc(N(C)C)nc3ccccc23)c2nccn21. The molecule has 1 aliphatic rings. The van der Waals surface area contributed by atoms with Crippen LogP contribution in [-0.2, 0) is 0 Å². The van der Waals surface area contributed by atoms with Crippen LogP contribution < -0.4 is 10.2 Å². The maximum absolute atomic E-state index is 13.0. The molecule has 1 amide bonds. The molecule has 25 heavy (non-hydrogen) atoms. The number of imidazole rings is 1. The quantitative estimate of drug-likeness (QED) is 0.799. The van der Waals surface area contributed by atoms with Gasteiger partial charge in [0.1, 0.15) is 11.6 Å². The van der Waals surface area contributed by atoms with Crippen molar-refractivity contribution in [2.24, 2.45) is 0 Å². The van der Waals surface area contributed by atoms with E-state index in [0.29, 0.717) is 11.6 Å². The lowest BCUT2D eigenvalue weighted by Crippen LogP contribution is -2.28. The van der Waals surface area contributed by atoms with E-state index < -0.39 is 0 Å². The molecule has 128 valence electrons. The van der Waals surface area contributed by atoms with Gasteiger partial charge in [0, 0.05) is 37.9 Å². The van der Waals surface area contributed by atoms with Crippen molar-refractivity contribution >= 4 is 22.6 Å². The largest absolute Gasteiger partial charge is 0.363 e. The molecule has 6 nitrogen and oxygen atoms in total. The topological polar surface area (TPSA) is 63.1 Å². The first-order valence-corrected chi connectivity index (χ1v) is 8.45. The van der Waals surface area contributed by atoms with Crippen LogP contribution in [0.25, 0.3) is 10.9 Å². The van der Waals surface area contributed by atoms with E-state index >= 15 is 0 Å². The van der Waals surface area contributed by atoms with Crippen LogP contribution in [-0.4, -0.2) is 34.5 Å². The number of nitrogens with zero attached hydrogens (tertiary/aromatic N) is 4. The van der Waals surface area contributed by atoms with Crippen LogP contribution in [0.15, 0.2) is 42.7 Å². The molecule has 1 aliphatic heterocycles. The number of amides is 1. The fourth-order valence-corrected chi connectivity index (χ4v) is 3.47. The molecule has 0 bridgehead atoms. The van der Waals surface area contributed by atoms with Crippen molar-refractivity contribution in [1.82, 2.24) is 19.9 Å². The molecule has 0 saturated heterocycles. The van der Waals surface area contributed by atoms with Gasteiger partial charge in [0.2, 0.25) is 0 Å². The molecule has 0 aliphatic carbocycles. The molecule has 0 saturated carbocycles. The van der Waals surface area contributed by atoms with Gasteiger partial charge in [0.15, 0.2) is 0 Å². The molecule has 3 heterocycles. The standard InChI is InChI=1S/C19H21N5O/c1-12-10-16(18-20-8-9-24(12)18)22-19(25)14-11-17(23(2)3)21-15-7-5-4-6-13(14)15/h4-9,11-12,16H,10H2,1-3H3,(H,22,25). The molecule has 2 atom stereocenters. The summed E-state index contributed by atoms with van der Waals surface area (Å²) >= 11 is 0. The summed E-state index contributed by atoms with van der Waals surface area (Å²) in [5.41, 5.74) is 1.46. The van der Waals surface area contributed by atoms with Gasteiger partial charge in [-0.15, -0.1) is 0 Å². The molecule has 0 spiro atoms. The van der Waals surface area contributed by atoms with E-state index in [4.69, 9.17) is 0 Å². The highest BCUT2D eigenvalue weighted by Gasteiger charge is 2.30. The monoisotopic (exact) mass is 335 g/mol. The number of hydrogen-bond acceptors (Lipinski definition) is 4. The van der Waals surface area contributed by atoms with Gasteiger partial charge in [-0.25, -0.2) is 9.97 Å². The van der Waals surface area contributed by atoms with Gasteiger partial charge in [0.05, 0.1) is 17.1 Å². The number of para-hydroxylation sites is 1. The highest BCUT2D eigenvalue weighted by atomic mass is 16.1. The molecule has 1 aromatic carbocycles. The smallest absolute Gasteiger partial charge is 0.252 e. The van der Waals surface area contributed by atoms with E-state index in [0.717, 1.165) is 29.0 Å². The molecule has 6 heteroatoms. The van der Waals surface area contributed by atoms with Crippen molar-refractivity contribution in [2.75, 3.05) is 19.0 Å². The van der Waals surface area contributed by atoms with Crippen LogP contribution >= 0.6 is 0 Å². The Labute approximate surface area is 146 Å². The van der Waals surface area contributed by atoms with Crippen molar-refractivity contribution in [3.63, 3.8) is 0 Å². The zero-order valence-corrected chi connectivity index (χ0v) is 14.6. The zero-order valence-electron chi connectivity index (χ0n) is 14.6. The number of carbonyl (C=O) groups excluding carboxylic acids is 1. The lowest BCUT2D eigenvalue weighted by molar-refractivity contribution is 0.0937. The van der Waals surface area contributed by atoms with E-state index in [1.165, 1.54) is 0 Å². The lowest BCUT2D eigenvalue weighted by Gasteiger charge is -2.17. The first-order valence-electron chi connectivity index (χ1n) is 8.45. The van der Waals surface area contributed by atoms with Gasteiger partial charge in [-0.05, 0) is 25.5 Å². The van der Waals surface area contributed by atoms with Crippen LogP contribution in [0.2, 0.25) is 0 Å². The predicted octanol–water partition coefficient (Wildman–Crippen LogP) is 2.93. The Morgan fingerprint density at radius 1 is 1.32 bits per heavy atom. The molecular weight excluding hydrogens is 314 g/mol. The summed E-state index contributed by atoms with van der Waals surface area (Å²) < 4.78 is 2.13. The average molecular weight is 335 g/mol. The lowest BCUT2D eigenvalue weighted by atomic mass is 10.1. The van der Waals surface area contributed by atoms with Crippen molar-refractivity contribution in [3.05, 3.63) is 54.1 Å². The normalized spacial score (nSPS) is 19.0.